The summed E-state index contributed by atoms with van der Waals surface area (Å²) >= 11 is 0. The van der Waals surface area contributed by atoms with E-state index in [1.165, 1.54) is 11.1 Å². The zero-order chi connectivity index (χ0) is 17.8. The minimum absolute atomic E-state index is 0.0354. The Labute approximate surface area is 153 Å². The molecular formula is C21H24N2O3. The van der Waals surface area contributed by atoms with Crippen molar-refractivity contribution in [2.45, 2.75) is 37.8 Å². The Kier molecular flexibility index (Phi) is 4.95. The molecule has 1 aliphatic heterocycles. The summed E-state index contributed by atoms with van der Waals surface area (Å²) in [4.78, 5) is 12.2. The number of hydrogen-bond acceptors (Lipinski definition) is 3. The molecule has 5 nitrogen and oxygen atoms in total. The fourth-order valence-corrected chi connectivity index (χ4v) is 3.61. The summed E-state index contributed by atoms with van der Waals surface area (Å²) in [6.45, 7) is 1.07. The van der Waals surface area contributed by atoms with Crippen LogP contribution in [-0.4, -0.2) is 31.3 Å². The number of aryl methyl sites for hydroxylation is 1. The molecule has 2 amide bonds. The lowest BCUT2D eigenvalue weighted by molar-refractivity contribution is 0.0853. The second kappa shape index (κ2) is 7.68. The van der Waals surface area contributed by atoms with Crippen molar-refractivity contribution in [1.29, 1.82) is 0 Å². The van der Waals surface area contributed by atoms with Gasteiger partial charge in [-0.3, -0.25) is 0 Å². The summed E-state index contributed by atoms with van der Waals surface area (Å²) < 4.78 is 11.6. The van der Waals surface area contributed by atoms with Crippen LogP contribution in [0, 0.1) is 0 Å². The monoisotopic (exact) mass is 352 g/mol. The van der Waals surface area contributed by atoms with E-state index >= 15 is 0 Å². The molecule has 0 aromatic heterocycles. The van der Waals surface area contributed by atoms with Crippen LogP contribution in [0.25, 0.3) is 0 Å². The molecule has 0 radical (unpaired) electrons. The van der Waals surface area contributed by atoms with Crippen molar-refractivity contribution in [1.82, 2.24) is 10.6 Å². The summed E-state index contributed by atoms with van der Waals surface area (Å²) in [6.07, 6.45) is 3.59. The largest absolute Gasteiger partial charge is 0.486 e. The molecule has 2 aromatic carbocycles. The molecule has 5 heteroatoms. The first-order chi connectivity index (χ1) is 12.8. The molecule has 4 rings (SSSR count). The molecule has 1 aliphatic carbocycles. The number of nitrogens with one attached hydrogen (secondary N) is 2. The number of ether oxygens (including phenoxy) is 2. The molecule has 0 saturated heterocycles. The first-order valence-corrected chi connectivity index (χ1v) is 9.27. The van der Waals surface area contributed by atoms with Crippen LogP contribution in [-0.2, 0) is 12.8 Å². The number of rotatable bonds is 4. The maximum Gasteiger partial charge on any atom is 0.315 e. The molecule has 2 aromatic rings. The highest BCUT2D eigenvalue weighted by Crippen LogP contribution is 2.31. The van der Waals surface area contributed by atoms with E-state index in [-0.39, 0.29) is 18.2 Å². The molecule has 0 spiro atoms. The van der Waals surface area contributed by atoms with Crippen molar-refractivity contribution in [2.24, 2.45) is 0 Å². The number of hydrogen-bond donors (Lipinski definition) is 2. The van der Waals surface area contributed by atoms with E-state index < -0.39 is 0 Å². The number of carbonyl (C=O) groups excluding carboxylic acids is 1. The lowest BCUT2D eigenvalue weighted by atomic mass is 9.88. The van der Waals surface area contributed by atoms with Crippen molar-refractivity contribution in [3.63, 3.8) is 0 Å². The zero-order valence-electron chi connectivity index (χ0n) is 14.7. The number of para-hydroxylation sites is 2. The Bertz CT molecular complexity index is 777. The highest BCUT2D eigenvalue weighted by molar-refractivity contribution is 5.74. The lowest BCUT2D eigenvalue weighted by Crippen LogP contribution is -2.45. The number of urea groups is 1. The van der Waals surface area contributed by atoms with Gasteiger partial charge in [-0.25, -0.2) is 4.79 Å². The third-order valence-corrected chi connectivity index (χ3v) is 5.00. The van der Waals surface area contributed by atoms with Gasteiger partial charge in [-0.1, -0.05) is 36.4 Å². The van der Waals surface area contributed by atoms with Crippen LogP contribution in [0.2, 0.25) is 0 Å². The predicted molar refractivity (Wildman–Crippen MR) is 99.8 cm³/mol. The second-order valence-corrected chi connectivity index (χ2v) is 6.89. The quantitative estimate of drug-likeness (QED) is 0.889. The first kappa shape index (κ1) is 16.8. The van der Waals surface area contributed by atoms with Crippen LogP contribution in [0.1, 0.15) is 24.0 Å². The third-order valence-electron chi connectivity index (χ3n) is 5.00. The van der Waals surface area contributed by atoms with Crippen LogP contribution in [0.4, 0.5) is 4.79 Å². The van der Waals surface area contributed by atoms with Gasteiger partial charge in [0.15, 0.2) is 11.5 Å². The number of fused-ring (bicyclic) bond motifs is 2. The highest BCUT2D eigenvalue weighted by Gasteiger charge is 2.22. The van der Waals surface area contributed by atoms with Crippen molar-refractivity contribution in [3.05, 3.63) is 59.7 Å². The molecule has 0 saturated carbocycles. The van der Waals surface area contributed by atoms with Gasteiger partial charge >= 0.3 is 6.03 Å². The molecule has 26 heavy (non-hydrogen) atoms. The van der Waals surface area contributed by atoms with Crippen molar-refractivity contribution < 1.29 is 14.3 Å². The summed E-state index contributed by atoms with van der Waals surface area (Å²) in [7, 11) is 0. The fraction of sp³-hybridized carbons (Fsp3) is 0.381. The Morgan fingerprint density at radius 1 is 1.04 bits per heavy atom. The van der Waals surface area contributed by atoms with Crippen molar-refractivity contribution >= 4 is 6.03 Å². The van der Waals surface area contributed by atoms with E-state index in [9.17, 15) is 4.79 Å². The van der Waals surface area contributed by atoms with Gasteiger partial charge < -0.3 is 20.1 Å². The standard InChI is InChI=1S/C21H24N2O3/c24-21(23-17-10-9-15-5-1-2-6-16(15)13-17)22-12-11-18-14-25-19-7-3-4-8-20(19)26-18/h1-8,17-18H,9-14H2,(H2,22,23,24). The highest BCUT2D eigenvalue weighted by atomic mass is 16.6. The summed E-state index contributed by atoms with van der Waals surface area (Å²) in [5.74, 6) is 1.56. The number of amides is 2. The smallest absolute Gasteiger partial charge is 0.315 e. The average molecular weight is 352 g/mol. The topological polar surface area (TPSA) is 59.6 Å². The molecular weight excluding hydrogens is 328 g/mol. The number of carbonyl (C=O) groups is 1. The Morgan fingerprint density at radius 3 is 2.69 bits per heavy atom. The van der Waals surface area contributed by atoms with Crippen LogP contribution in [0.3, 0.4) is 0 Å². The van der Waals surface area contributed by atoms with Crippen LogP contribution in [0.5, 0.6) is 11.5 Å². The van der Waals surface area contributed by atoms with Gasteiger partial charge in [0.2, 0.25) is 0 Å². The molecule has 1 heterocycles. The van der Waals surface area contributed by atoms with Crippen molar-refractivity contribution in [2.75, 3.05) is 13.2 Å². The zero-order valence-corrected chi connectivity index (χ0v) is 14.7. The fourth-order valence-electron chi connectivity index (χ4n) is 3.61. The molecule has 2 unspecified atom stereocenters. The van der Waals surface area contributed by atoms with Gasteiger partial charge in [0.1, 0.15) is 12.7 Å². The number of benzene rings is 2. The van der Waals surface area contributed by atoms with E-state index in [4.69, 9.17) is 9.47 Å². The van der Waals surface area contributed by atoms with E-state index in [2.05, 4.69) is 34.9 Å². The maximum atomic E-state index is 12.2. The van der Waals surface area contributed by atoms with E-state index in [0.29, 0.717) is 13.2 Å². The Morgan fingerprint density at radius 2 is 1.81 bits per heavy atom. The van der Waals surface area contributed by atoms with Crippen LogP contribution >= 0.6 is 0 Å². The van der Waals surface area contributed by atoms with Gasteiger partial charge in [0.25, 0.3) is 0 Å². The van der Waals surface area contributed by atoms with Gasteiger partial charge in [-0.05, 0) is 42.5 Å². The lowest BCUT2D eigenvalue weighted by Gasteiger charge is -2.27. The van der Waals surface area contributed by atoms with E-state index in [0.717, 1.165) is 37.2 Å². The van der Waals surface area contributed by atoms with Crippen LogP contribution in [0.15, 0.2) is 48.5 Å². The molecule has 2 aliphatic rings. The minimum atomic E-state index is -0.105. The predicted octanol–water partition coefficient (Wildman–Crippen LogP) is 3.07. The first-order valence-electron chi connectivity index (χ1n) is 9.27. The minimum Gasteiger partial charge on any atom is -0.486 e. The van der Waals surface area contributed by atoms with Gasteiger partial charge in [-0.15, -0.1) is 0 Å². The normalized spacial score (nSPS) is 20.8. The summed E-state index contributed by atoms with van der Waals surface area (Å²) in [5.41, 5.74) is 2.75. The average Bonchev–Trinajstić information content (AvgIpc) is 2.68. The molecule has 0 bridgehead atoms. The van der Waals surface area contributed by atoms with Crippen molar-refractivity contribution in [3.8, 4) is 11.5 Å². The van der Waals surface area contributed by atoms with Gasteiger partial charge in [0.05, 0.1) is 0 Å². The Balaban J connectivity index is 1.20. The van der Waals surface area contributed by atoms with E-state index in [1.54, 1.807) is 0 Å². The third kappa shape index (κ3) is 3.93. The maximum absolute atomic E-state index is 12.2. The molecule has 2 atom stereocenters. The van der Waals surface area contributed by atoms with Gasteiger partial charge in [0, 0.05) is 19.0 Å². The summed E-state index contributed by atoms with van der Waals surface area (Å²) in [5, 5.41) is 6.03. The summed E-state index contributed by atoms with van der Waals surface area (Å²) in [6, 6.07) is 16.2. The molecule has 136 valence electrons. The molecule has 0 fully saturated rings. The van der Waals surface area contributed by atoms with Crippen LogP contribution < -0.4 is 20.1 Å². The second-order valence-electron chi connectivity index (χ2n) is 6.89. The Hall–Kier alpha value is -2.69. The SMILES string of the molecule is O=C(NCCC1COc2ccccc2O1)NC1CCc2ccccc2C1. The van der Waals surface area contributed by atoms with E-state index in [1.807, 2.05) is 24.3 Å². The van der Waals surface area contributed by atoms with Gasteiger partial charge in [-0.2, -0.15) is 0 Å². The molecule has 2 N–H and O–H groups in total.